The number of aromatic nitrogens is 2. The topological polar surface area (TPSA) is 103 Å². The summed E-state index contributed by atoms with van der Waals surface area (Å²) in [6, 6.07) is 19.7. The minimum atomic E-state index is -0.277. The number of nitrogens with zero attached hydrogens (tertiary/aromatic N) is 4. The Labute approximate surface area is 185 Å². The Morgan fingerprint density at radius 3 is 2.66 bits per heavy atom. The van der Waals surface area contributed by atoms with Crippen LogP contribution >= 0.6 is 0 Å². The van der Waals surface area contributed by atoms with Gasteiger partial charge in [-0.15, -0.1) is 0 Å². The molecule has 2 fully saturated rings. The highest BCUT2D eigenvalue weighted by Gasteiger charge is 2.38. The Morgan fingerprint density at radius 2 is 1.97 bits per heavy atom. The first-order valence-electron chi connectivity index (χ1n) is 10.5. The van der Waals surface area contributed by atoms with E-state index in [-0.39, 0.29) is 12.5 Å². The highest BCUT2D eigenvalue weighted by atomic mass is 16.5. The number of anilines is 3. The average molecular weight is 426 g/mol. The number of benzene rings is 2. The van der Waals surface area contributed by atoms with E-state index in [1.54, 1.807) is 12.1 Å². The minimum Gasteiger partial charge on any atom is -0.374 e. The lowest BCUT2D eigenvalue weighted by molar-refractivity contribution is 0.0958. The third-order valence-electron chi connectivity index (χ3n) is 5.81. The molecule has 1 amide bonds. The number of carbonyl (C=O) groups is 1. The molecule has 2 aliphatic heterocycles. The fourth-order valence-corrected chi connectivity index (χ4v) is 4.20. The maximum absolute atomic E-state index is 11.9. The summed E-state index contributed by atoms with van der Waals surface area (Å²) in [5, 5.41) is 14.4. The van der Waals surface area contributed by atoms with Gasteiger partial charge in [0.2, 0.25) is 0 Å². The van der Waals surface area contributed by atoms with Gasteiger partial charge in [-0.2, -0.15) is 5.26 Å². The molecule has 160 valence electrons. The molecule has 0 unspecified atom stereocenters. The van der Waals surface area contributed by atoms with Crippen LogP contribution in [0.4, 0.5) is 17.2 Å². The zero-order valence-corrected chi connectivity index (χ0v) is 17.4. The van der Waals surface area contributed by atoms with Crippen LogP contribution in [0.2, 0.25) is 0 Å². The zero-order chi connectivity index (χ0) is 21.9. The lowest BCUT2D eigenvalue weighted by atomic mass is 10.1. The molecule has 2 bridgehead atoms. The molecule has 0 radical (unpaired) electrons. The monoisotopic (exact) mass is 426 g/mol. The second kappa shape index (κ2) is 8.65. The van der Waals surface area contributed by atoms with Crippen LogP contribution in [0.3, 0.4) is 0 Å². The third kappa shape index (κ3) is 4.11. The van der Waals surface area contributed by atoms with Crippen LogP contribution < -0.4 is 15.5 Å². The van der Waals surface area contributed by atoms with Gasteiger partial charge in [0.25, 0.3) is 5.91 Å². The molecule has 3 heterocycles. The van der Waals surface area contributed by atoms with Gasteiger partial charge in [0.1, 0.15) is 18.7 Å². The fraction of sp³-hybridized carbons (Fsp3) is 0.250. The van der Waals surface area contributed by atoms with Crippen molar-refractivity contribution in [2.24, 2.45) is 0 Å². The van der Waals surface area contributed by atoms with Gasteiger partial charge in [-0.05, 0) is 42.8 Å². The fourth-order valence-electron chi connectivity index (χ4n) is 4.20. The molecule has 2 aromatic carbocycles. The summed E-state index contributed by atoms with van der Waals surface area (Å²) in [5.41, 5.74) is 4.27. The third-order valence-corrected chi connectivity index (χ3v) is 5.81. The molecule has 2 aliphatic rings. The number of hydrogen-bond donors (Lipinski definition) is 2. The molecule has 0 aliphatic carbocycles. The molecular weight excluding hydrogens is 404 g/mol. The molecule has 0 spiro atoms. The lowest BCUT2D eigenvalue weighted by Gasteiger charge is -2.29. The van der Waals surface area contributed by atoms with Crippen molar-refractivity contribution in [1.82, 2.24) is 15.3 Å². The molecule has 2 atom stereocenters. The normalized spacial score (nSPS) is 18.9. The molecule has 3 aromatic rings. The number of carbonyl (C=O) groups excluding carboxylic acids is 1. The largest absolute Gasteiger partial charge is 0.374 e. The van der Waals surface area contributed by atoms with Crippen LogP contribution in [0.1, 0.15) is 16.8 Å². The van der Waals surface area contributed by atoms with Crippen molar-refractivity contribution >= 4 is 23.1 Å². The number of amides is 1. The number of rotatable bonds is 6. The predicted octanol–water partition coefficient (Wildman–Crippen LogP) is 3.12. The first-order chi connectivity index (χ1) is 15.7. The molecule has 32 heavy (non-hydrogen) atoms. The molecule has 0 saturated carbocycles. The van der Waals surface area contributed by atoms with Gasteiger partial charge in [0.15, 0.2) is 0 Å². The Balaban J connectivity index is 1.26. The van der Waals surface area contributed by atoms with Gasteiger partial charge >= 0.3 is 0 Å². The van der Waals surface area contributed by atoms with Crippen LogP contribution in [0.5, 0.6) is 0 Å². The van der Waals surface area contributed by atoms with Crippen LogP contribution in [0.15, 0.2) is 60.9 Å². The number of ether oxygens (including phenoxy) is 1. The summed E-state index contributed by atoms with van der Waals surface area (Å²) in [6.45, 7) is 1.77. The molecule has 1 aromatic heterocycles. The zero-order valence-electron chi connectivity index (χ0n) is 17.4. The van der Waals surface area contributed by atoms with E-state index in [0.29, 0.717) is 23.5 Å². The number of fused-ring (bicyclic) bond motifs is 2. The van der Waals surface area contributed by atoms with E-state index < -0.39 is 0 Å². The molecular formula is C24H22N6O2. The van der Waals surface area contributed by atoms with Crippen molar-refractivity contribution in [1.29, 1.82) is 5.26 Å². The predicted molar refractivity (Wildman–Crippen MR) is 121 cm³/mol. The standard InChI is InChI=1S/C24H22N6O2/c25-9-10-26-24(31)17-3-1-16(2-4-17)22-12-23(28-15-27-22)29-18-5-7-19(8-6-18)30-13-21-11-20(30)14-32-21/h1-8,12,15,20-21H,10-11,13-14H2,(H,26,31)(H,27,28,29)/t20-,21-/m0/s1. The summed E-state index contributed by atoms with van der Waals surface area (Å²) in [4.78, 5) is 23.0. The van der Waals surface area contributed by atoms with Crippen molar-refractivity contribution in [3.63, 3.8) is 0 Å². The van der Waals surface area contributed by atoms with Crippen molar-refractivity contribution in [3.05, 3.63) is 66.5 Å². The van der Waals surface area contributed by atoms with E-state index in [0.717, 1.165) is 36.5 Å². The highest BCUT2D eigenvalue weighted by Crippen LogP contribution is 2.33. The van der Waals surface area contributed by atoms with E-state index in [2.05, 4.69) is 49.8 Å². The molecule has 5 rings (SSSR count). The maximum atomic E-state index is 11.9. The van der Waals surface area contributed by atoms with Crippen LogP contribution in [0.25, 0.3) is 11.3 Å². The number of hydrogen-bond acceptors (Lipinski definition) is 7. The second-order valence-electron chi connectivity index (χ2n) is 7.88. The second-order valence-corrected chi connectivity index (χ2v) is 7.88. The molecule has 8 nitrogen and oxygen atoms in total. The summed E-state index contributed by atoms with van der Waals surface area (Å²) in [6.07, 6.45) is 3.01. The quantitative estimate of drug-likeness (QED) is 0.584. The van der Waals surface area contributed by atoms with Crippen molar-refractivity contribution in [3.8, 4) is 17.3 Å². The number of morpholine rings is 1. The van der Waals surface area contributed by atoms with Gasteiger partial charge in [-0.1, -0.05) is 12.1 Å². The molecule has 2 saturated heterocycles. The Kier molecular flexibility index (Phi) is 5.40. The van der Waals surface area contributed by atoms with Crippen LogP contribution in [-0.4, -0.2) is 47.7 Å². The Hall–Kier alpha value is -3.96. The van der Waals surface area contributed by atoms with E-state index in [1.165, 1.54) is 12.0 Å². The first kappa shape index (κ1) is 20.0. The Bertz CT molecular complexity index is 1160. The van der Waals surface area contributed by atoms with Gasteiger partial charge in [-0.3, -0.25) is 4.79 Å². The highest BCUT2D eigenvalue weighted by molar-refractivity contribution is 5.94. The summed E-state index contributed by atoms with van der Waals surface area (Å²) in [7, 11) is 0. The van der Waals surface area contributed by atoms with E-state index >= 15 is 0 Å². The lowest BCUT2D eigenvalue weighted by Crippen LogP contribution is -2.36. The van der Waals surface area contributed by atoms with E-state index in [4.69, 9.17) is 10.00 Å². The summed E-state index contributed by atoms with van der Waals surface area (Å²) in [5.74, 6) is 0.410. The maximum Gasteiger partial charge on any atom is 0.252 e. The van der Waals surface area contributed by atoms with Gasteiger partial charge in [-0.25, -0.2) is 9.97 Å². The number of nitrogens with one attached hydrogen (secondary N) is 2. The molecule has 2 N–H and O–H groups in total. The van der Waals surface area contributed by atoms with Crippen molar-refractivity contribution < 1.29 is 9.53 Å². The van der Waals surface area contributed by atoms with Crippen LogP contribution in [-0.2, 0) is 4.74 Å². The SMILES string of the molecule is N#CCNC(=O)c1ccc(-c2cc(Nc3ccc(N4C[C@@H]5C[C@H]4CO5)cc3)ncn2)cc1. The minimum absolute atomic E-state index is 0.0178. The van der Waals surface area contributed by atoms with E-state index in [1.807, 2.05) is 24.3 Å². The summed E-state index contributed by atoms with van der Waals surface area (Å²) < 4.78 is 5.69. The van der Waals surface area contributed by atoms with Gasteiger partial charge < -0.3 is 20.3 Å². The van der Waals surface area contributed by atoms with Gasteiger partial charge in [0.05, 0.1) is 30.5 Å². The van der Waals surface area contributed by atoms with E-state index in [9.17, 15) is 4.79 Å². The van der Waals surface area contributed by atoms with Crippen molar-refractivity contribution in [2.75, 3.05) is 29.9 Å². The first-order valence-corrected chi connectivity index (χ1v) is 10.5. The average Bonchev–Trinajstić information content (AvgIpc) is 3.47. The van der Waals surface area contributed by atoms with Crippen LogP contribution in [0, 0.1) is 11.3 Å². The molecule has 8 heteroatoms. The van der Waals surface area contributed by atoms with Gasteiger partial charge in [0, 0.05) is 35.1 Å². The number of nitriles is 1. The summed E-state index contributed by atoms with van der Waals surface area (Å²) >= 11 is 0. The Morgan fingerprint density at radius 1 is 1.16 bits per heavy atom. The van der Waals surface area contributed by atoms with Crippen molar-refractivity contribution in [2.45, 2.75) is 18.6 Å². The smallest absolute Gasteiger partial charge is 0.252 e.